The summed E-state index contributed by atoms with van der Waals surface area (Å²) in [5, 5.41) is 6.40. The van der Waals surface area contributed by atoms with Gasteiger partial charge in [0.05, 0.1) is 0 Å². The first kappa shape index (κ1) is 16.9. The van der Waals surface area contributed by atoms with Gasteiger partial charge >= 0.3 is 7.55 Å². The highest BCUT2D eigenvalue weighted by Crippen LogP contribution is 2.22. The zero-order valence-electron chi connectivity index (χ0n) is 13.8. The van der Waals surface area contributed by atoms with Crippen LogP contribution in [0.4, 0.5) is 0 Å². The molecule has 1 radical (unpaired) electrons. The Labute approximate surface area is 137 Å². The molecule has 1 fully saturated rings. The minimum atomic E-state index is -1.62. The number of hydrogen-bond acceptors (Lipinski definition) is 2. The van der Waals surface area contributed by atoms with Gasteiger partial charge in [-0.05, 0) is 25.5 Å². The van der Waals surface area contributed by atoms with Gasteiger partial charge in [-0.1, -0.05) is 53.8 Å². The van der Waals surface area contributed by atoms with E-state index in [-0.39, 0.29) is 0 Å². The molecule has 4 heteroatoms. The number of benzene rings is 1. The van der Waals surface area contributed by atoms with Crippen molar-refractivity contribution in [3.05, 3.63) is 41.7 Å². The maximum Gasteiger partial charge on any atom is 0.348 e. The van der Waals surface area contributed by atoms with Crippen LogP contribution in [-0.2, 0) is 0 Å². The first-order chi connectivity index (χ1) is 10.6. The fraction of sp³-hybridized carbons (Fsp3) is 0.444. The van der Waals surface area contributed by atoms with Gasteiger partial charge in [0, 0.05) is 19.5 Å². The Bertz CT molecular complexity index is 528. The highest BCUT2D eigenvalue weighted by Gasteiger charge is 2.28. The standard InChI is InChI=1S/C18H26BN2Si/c1-4-5-6-8-13-18(16-21-15-14-20-19-21)22(2,3)17-11-9-7-10-12-17/h1,7,9-12,16,20H,5-6,8,13-15H2,2-3H3/b18-16-. The molecule has 0 saturated carbocycles. The summed E-state index contributed by atoms with van der Waals surface area (Å²) in [7, 11) is 0.478. The summed E-state index contributed by atoms with van der Waals surface area (Å²) in [4.78, 5) is 2.30. The summed E-state index contributed by atoms with van der Waals surface area (Å²) < 4.78 is 0. The number of nitrogens with one attached hydrogen (secondary N) is 1. The quantitative estimate of drug-likeness (QED) is 0.473. The topological polar surface area (TPSA) is 15.3 Å². The third kappa shape index (κ3) is 4.53. The second-order valence-corrected chi connectivity index (χ2v) is 10.8. The van der Waals surface area contributed by atoms with Crippen LogP contribution >= 0.6 is 0 Å². The predicted molar refractivity (Wildman–Crippen MR) is 99.4 cm³/mol. The van der Waals surface area contributed by atoms with Crippen LogP contribution in [0.2, 0.25) is 13.1 Å². The molecule has 115 valence electrons. The molecular weight excluding hydrogens is 283 g/mol. The Hall–Kier alpha value is -1.44. The monoisotopic (exact) mass is 309 g/mol. The average Bonchev–Trinajstić information content (AvgIpc) is 3.04. The summed E-state index contributed by atoms with van der Waals surface area (Å²) >= 11 is 0. The van der Waals surface area contributed by atoms with E-state index < -0.39 is 8.07 Å². The molecule has 0 bridgehead atoms. The SMILES string of the molecule is C#CCCCC/C(=C/N1[B]NCC1)[Si](C)(C)c1ccccc1. The summed E-state index contributed by atoms with van der Waals surface area (Å²) in [5.41, 5.74) is 0. The van der Waals surface area contributed by atoms with Crippen molar-refractivity contribution in [1.29, 1.82) is 0 Å². The zero-order chi connectivity index (χ0) is 15.8. The number of nitrogens with zero attached hydrogens (tertiary/aromatic N) is 1. The highest BCUT2D eigenvalue weighted by molar-refractivity contribution is 6.95. The van der Waals surface area contributed by atoms with Crippen molar-refractivity contribution in [2.24, 2.45) is 0 Å². The van der Waals surface area contributed by atoms with Gasteiger partial charge < -0.3 is 10.0 Å². The maximum atomic E-state index is 5.38. The van der Waals surface area contributed by atoms with Gasteiger partial charge in [-0.2, -0.15) is 0 Å². The van der Waals surface area contributed by atoms with E-state index in [1.807, 2.05) is 0 Å². The van der Waals surface area contributed by atoms with Crippen molar-refractivity contribution in [2.45, 2.75) is 38.8 Å². The number of terminal acetylenes is 1. The predicted octanol–water partition coefficient (Wildman–Crippen LogP) is 2.66. The van der Waals surface area contributed by atoms with Gasteiger partial charge in [-0.3, -0.25) is 0 Å². The van der Waals surface area contributed by atoms with Gasteiger partial charge in [-0.15, -0.1) is 12.3 Å². The average molecular weight is 309 g/mol. The van der Waals surface area contributed by atoms with Crippen LogP contribution in [0.1, 0.15) is 25.7 Å². The third-order valence-corrected chi connectivity index (χ3v) is 8.17. The Kier molecular flexibility index (Phi) is 6.36. The van der Waals surface area contributed by atoms with Gasteiger partial charge in [0.1, 0.15) is 8.07 Å². The molecule has 1 aliphatic rings. The molecular formula is C18H26BN2Si. The molecule has 2 nitrogen and oxygen atoms in total. The lowest BCUT2D eigenvalue weighted by Crippen LogP contribution is -2.44. The molecule has 1 heterocycles. The Morgan fingerprint density at radius 2 is 2.14 bits per heavy atom. The van der Waals surface area contributed by atoms with Crippen LogP contribution in [0.15, 0.2) is 41.7 Å². The van der Waals surface area contributed by atoms with Crippen LogP contribution < -0.4 is 10.4 Å². The smallest absolute Gasteiger partial charge is 0.348 e. The molecule has 1 N–H and O–H groups in total. The van der Waals surface area contributed by atoms with Crippen molar-refractivity contribution >= 4 is 20.8 Å². The number of allylic oxidation sites excluding steroid dienone is 1. The molecule has 0 atom stereocenters. The van der Waals surface area contributed by atoms with E-state index in [4.69, 9.17) is 6.42 Å². The number of rotatable bonds is 7. The molecule has 1 saturated heterocycles. The second kappa shape index (κ2) is 8.26. The van der Waals surface area contributed by atoms with E-state index in [0.717, 1.165) is 32.4 Å². The van der Waals surface area contributed by atoms with Crippen LogP contribution in [0.3, 0.4) is 0 Å². The normalized spacial score (nSPS) is 15.5. The van der Waals surface area contributed by atoms with Crippen molar-refractivity contribution in [1.82, 2.24) is 10.0 Å². The maximum absolute atomic E-state index is 5.38. The fourth-order valence-electron chi connectivity index (χ4n) is 2.86. The van der Waals surface area contributed by atoms with Crippen molar-refractivity contribution in [2.75, 3.05) is 13.1 Å². The first-order valence-electron chi connectivity index (χ1n) is 8.17. The van der Waals surface area contributed by atoms with E-state index in [1.54, 1.807) is 5.20 Å². The van der Waals surface area contributed by atoms with E-state index in [2.05, 4.69) is 73.1 Å². The van der Waals surface area contributed by atoms with Crippen LogP contribution in [0.25, 0.3) is 0 Å². The lowest BCUT2D eigenvalue weighted by atomic mass is 10.1. The molecule has 0 aromatic heterocycles. The fourth-order valence-corrected chi connectivity index (χ4v) is 5.55. The van der Waals surface area contributed by atoms with Crippen LogP contribution in [-0.4, -0.2) is 33.5 Å². The van der Waals surface area contributed by atoms with E-state index in [1.165, 1.54) is 11.6 Å². The van der Waals surface area contributed by atoms with E-state index in [0.29, 0.717) is 0 Å². The molecule has 0 unspecified atom stereocenters. The second-order valence-electron chi connectivity index (χ2n) is 6.38. The van der Waals surface area contributed by atoms with Gasteiger partial charge in [0.25, 0.3) is 0 Å². The largest absolute Gasteiger partial charge is 0.409 e. The molecule has 0 spiro atoms. The molecule has 2 rings (SSSR count). The van der Waals surface area contributed by atoms with Crippen molar-refractivity contribution < 1.29 is 0 Å². The minimum absolute atomic E-state index is 0.887. The molecule has 1 aliphatic heterocycles. The molecule has 0 amide bonds. The highest BCUT2D eigenvalue weighted by atomic mass is 28.3. The number of hydrogen-bond donors (Lipinski definition) is 1. The van der Waals surface area contributed by atoms with E-state index in [9.17, 15) is 0 Å². The molecule has 1 aromatic rings. The summed E-state index contributed by atoms with van der Waals surface area (Å²) in [6.45, 7) is 7.01. The van der Waals surface area contributed by atoms with Gasteiger partial charge in [-0.25, -0.2) is 0 Å². The Balaban J connectivity index is 2.16. The summed E-state index contributed by atoms with van der Waals surface area (Å²) in [5.74, 6) is 2.75. The lowest BCUT2D eigenvalue weighted by molar-refractivity contribution is 0.634. The summed E-state index contributed by atoms with van der Waals surface area (Å²) in [6.07, 6.45) is 12.1. The van der Waals surface area contributed by atoms with Gasteiger partial charge in [0.15, 0.2) is 0 Å². The molecule has 22 heavy (non-hydrogen) atoms. The van der Waals surface area contributed by atoms with Crippen molar-refractivity contribution in [3.8, 4) is 12.3 Å². The Morgan fingerprint density at radius 3 is 2.77 bits per heavy atom. The summed E-state index contributed by atoms with van der Waals surface area (Å²) in [6, 6.07) is 11.0. The van der Waals surface area contributed by atoms with Crippen molar-refractivity contribution in [3.63, 3.8) is 0 Å². The van der Waals surface area contributed by atoms with Crippen LogP contribution in [0, 0.1) is 12.3 Å². The zero-order valence-corrected chi connectivity index (χ0v) is 14.8. The van der Waals surface area contributed by atoms with Crippen LogP contribution in [0.5, 0.6) is 0 Å². The first-order valence-corrected chi connectivity index (χ1v) is 11.2. The Morgan fingerprint density at radius 1 is 1.36 bits per heavy atom. The minimum Gasteiger partial charge on any atom is -0.409 e. The molecule has 1 aromatic carbocycles. The lowest BCUT2D eigenvalue weighted by Gasteiger charge is -2.29. The van der Waals surface area contributed by atoms with Gasteiger partial charge in [0.2, 0.25) is 0 Å². The number of unbranched alkanes of at least 4 members (excludes halogenated alkanes) is 2. The molecule has 0 aliphatic carbocycles. The van der Waals surface area contributed by atoms with E-state index >= 15 is 0 Å². The third-order valence-electron chi connectivity index (χ3n) is 4.41.